The molecule has 0 aliphatic rings. The van der Waals surface area contributed by atoms with Crippen molar-refractivity contribution < 1.29 is 8.42 Å². The van der Waals surface area contributed by atoms with Gasteiger partial charge >= 0.3 is 0 Å². The van der Waals surface area contributed by atoms with Crippen LogP contribution in [0, 0.1) is 0 Å². The molecule has 0 spiro atoms. The average Bonchev–Trinajstić information content (AvgIpc) is 2.32. The zero-order valence-corrected chi connectivity index (χ0v) is 8.28. The van der Waals surface area contributed by atoms with Crippen LogP contribution in [0.25, 0.3) is 0 Å². The van der Waals surface area contributed by atoms with Gasteiger partial charge in [-0.1, -0.05) is 6.92 Å². The molecule has 0 saturated carbocycles. The monoisotopic (exact) mass is 206 g/mol. The predicted molar refractivity (Wildman–Crippen MR) is 48.3 cm³/mol. The normalized spacial score (nSPS) is 11.8. The van der Waals surface area contributed by atoms with Gasteiger partial charge < -0.3 is 0 Å². The van der Waals surface area contributed by atoms with E-state index in [4.69, 9.17) is 5.14 Å². The van der Waals surface area contributed by atoms with Crippen LogP contribution < -0.4 is 5.14 Å². The summed E-state index contributed by atoms with van der Waals surface area (Å²) < 4.78 is 21.3. The lowest BCUT2D eigenvalue weighted by Gasteiger charge is -1.90. The highest BCUT2D eigenvalue weighted by Crippen LogP contribution is 2.14. The van der Waals surface area contributed by atoms with E-state index < -0.39 is 10.0 Å². The summed E-state index contributed by atoms with van der Waals surface area (Å²) in [7, 11) is -3.42. The Hall–Kier alpha value is -0.460. The fourth-order valence-electron chi connectivity index (χ4n) is 0.750. The molecule has 0 saturated heterocycles. The lowest BCUT2D eigenvalue weighted by molar-refractivity contribution is 0.597. The topological polar surface area (TPSA) is 73.0 Å². The van der Waals surface area contributed by atoms with Crippen LogP contribution in [0.15, 0.2) is 6.20 Å². The Morgan fingerprint density at radius 3 is 2.75 bits per heavy atom. The van der Waals surface area contributed by atoms with E-state index in [2.05, 4.69) is 4.98 Å². The maximum Gasteiger partial charge on any atom is 0.215 e. The van der Waals surface area contributed by atoms with Gasteiger partial charge in [0.25, 0.3) is 0 Å². The third-order valence-corrected chi connectivity index (χ3v) is 3.27. The van der Waals surface area contributed by atoms with Crippen LogP contribution in [-0.4, -0.2) is 13.4 Å². The quantitative estimate of drug-likeness (QED) is 0.782. The van der Waals surface area contributed by atoms with Crippen molar-refractivity contribution in [1.82, 2.24) is 4.98 Å². The summed E-state index contributed by atoms with van der Waals surface area (Å²) in [4.78, 5) is 5.01. The van der Waals surface area contributed by atoms with Gasteiger partial charge in [-0.2, -0.15) is 0 Å². The molecule has 1 heterocycles. The van der Waals surface area contributed by atoms with Gasteiger partial charge in [0.15, 0.2) is 0 Å². The highest BCUT2D eigenvalue weighted by molar-refractivity contribution is 7.88. The zero-order chi connectivity index (χ0) is 9.19. The number of rotatable bonds is 3. The van der Waals surface area contributed by atoms with Gasteiger partial charge in [-0.25, -0.2) is 18.5 Å². The number of nitrogens with two attached hydrogens (primary N) is 1. The Morgan fingerprint density at radius 1 is 1.67 bits per heavy atom. The second kappa shape index (κ2) is 3.51. The Morgan fingerprint density at radius 2 is 2.33 bits per heavy atom. The molecular weight excluding hydrogens is 196 g/mol. The number of hydrogen-bond acceptors (Lipinski definition) is 4. The summed E-state index contributed by atoms with van der Waals surface area (Å²) in [6.45, 7) is 1.99. The van der Waals surface area contributed by atoms with Crippen LogP contribution in [0.2, 0.25) is 0 Å². The maximum absolute atomic E-state index is 10.6. The van der Waals surface area contributed by atoms with Gasteiger partial charge in [-0.05, 0) is 6.42 Å². The minimum atomic E-state index is -3.42. The van der Waals surface area contributed by atoms with Gasteiger partial charge in [0.1, 0.15) is 10.8 Å². The van der Waals surface area contributed by atoms with Crippen molar-refractivity contribution in [3.05, 3.63) is 16.1 Å². The van der Waals surface area contributed by atoms with Gasteiger partial charge in [0.05, 0.1) is 0 Å². The van der Waals surface area contributed by atoms with Gasteiger partial charge in [0.2, 0.25) is 10.0 Å². The van der Waals surface area contributed by atoms with Crippen LogP contribution in [0.5, 0.6) is 0 Å². The molecule has 1 aromatic heterocycles. The summed E-state index contributed by atoms with van der Waals surface area (Å²) in [5.74, 6) is -0.155. The van der Waals surface area contributed by atoms with E-state index in [0.717, 1.165) is 11.3 Å². The summed E-state index contributed by atoms with van der Waals surface area (Å²) in [5, 5.41) is 5.42. The van der Waals surface area contributed by atoms with E-state index in [1.54, 1.807) is 6.20 Å². The molecule has 0 amide bonds. The second-order valence-electron chi connectivity index (χ2n) is 2.38. The largest absolute Gasteiger partial charge is 0.248 e. The number of aromatic nitrogens is 1. The molecule has 0 fully saturated rings. The molecule has 0 aliphatic heterocycles. The maximum atomic E-state index is 10.6. The number of primary sulfonamides is 1. The molecule has 0 aromatic carbocycles. The Bertz CT molecular complexity index is 355. The molecule has 0 aliphatic carbocycles. The van der Waals surface area contributed by atoms with Gasteiger partial charge in [0, 0.05) is 11.1 Å². The minimum absolute atomic E-state index is 0.155. The Labute approximate surface area is 75.5 Å². The molecule has 4 nitrogen and oxygen atoms in total. The van der Waals surface area contributed by atoms with Crippen LogP contribution in [0.4, 0.5) is 0 Å². The van der Waals surface area contributed by atoms with Crippen molar-refractivity contribution in [3.8, 4) is 0 Å². The summed E-state index contributed by atoms with van der Waals surface area (Å²) in [6.07, 6.45) is 2.56. The van der Waals surface area contributed by atoms with E-state index in [1.807, 2.05) is 6.92 Å². The van der Waals surface area contributed by atoms with Crippen LogP contribution in [0.3, 0.4) is 0 Å². The van der Waals surface area contributed by atoms with Crippen molar-refractivity contribution in [2.24, 2.45) is 5.14 Å². The standard InChI is InChI=1S/C6H10N2O2S2/c1-2-5-3-8-6(11-5)4-12(7,9)10/h3H,2,4H2,1H3,(H2,7,9,10). The molecule has 1 aromatic rings. The lowest BCUT2D eigenvalue weighted by atomic mass is 10.4. The lowest BCUT2D eigenvalue weighted by Crippen LogP contribution is -2.14. The Kier molecular flexibility index (Phi) is 2.81. The first-order valence-corrected chi connectivity index (χ1v) is 5.98. The third-order valence-electron chi connectivity index (χ3n) is 1.27. The van der Waals surface area contributed by atoms with Gasteiger partial charge in [-0.15, -0.1) is 11.3 Å². The number of nitrogens with zero attached hydrogens (tertiary/aromatic N) is 1. The molecule has 1 rings (SSSR count). The smallest absolute Gasteiger partial charge is 0.215 e. The third kappa shape index (κ3) is 2.88. The zero-order valence-electron chi connectivity index (χ0n) is 6.65. The van der Waals surface area contributed by atoms with E-state index in [1.165, 1.54) is 11.3 Å². The van der Waals surface area contributed by atoms with Crippen molar-refractivity contribution in [2.75, 3.05) is 0 Å². The van der Waals surface area contributed by atoms with Gasteiger partial charge in [-0.3, -0.25) is 0 Å². The van der Waals surface area contributed by atoms with E-state index in [-0.39, 0.29) is 5.75 Å². The highest BCUT2D eigenvalue weighted by atomic mass is 32.2. The molecule has 2 N–H and O–H groups in total. The number of hydrogen-bond donors (Lipinski definition) is 1. The average molecular weight is 206 g/mol. The molecular formula is C6H10N2O2S2. The number of thiazole rings is 1. The van der Waals surface area contributed by atoms with E-state index in [0.29, 0.717) is 5.01 Å². The van der Waals surface area contributed by atoms with Crippen LogP contribution in [-0.2, 0) is 22.2 Å². The summed E-state index contributed by atoms with van der Waals surface area (Å²) in [5.41, 5.74) is 0. The van der Waals surface area contributed by atoms with E-state index in [9.17, 15) is 8.42 Å². The summed E-state index contributed by atoms with van der Waals surface area (Å²) in [6, 6.07) is 0. The van der Waals surface area contributed by atoms with Crippen molar-refractivity contribution in [2.45, 2.75) is 19.1 Å². The van der Waals surface area contributed by atoms with Crippen molar-refractivity contribution in [3.63, 3.8) is 0 Å². The molecule has 12 heavy (non-hydrogen) atoms. The Balaban J connectivity index is 2.78. The fourth-order valence-corrected chi connectivity index (χ4v) is 2.56. The molecule has 0 radical (unpaired) electrons. The fraction of sp³-hybridized carbons (Fsp3) is 0.500. The predicted octanol–water partition coefficient (Wildman–Crippen LogP) is 0.494. The molecule has 0 bridgehead atoms. The second-order valence-corrected chi connectivity index (χ2v) is 5.20. The molecule has 0 atom stereocenters. The first-order valence-electron chi connectivity index (χ1n) is 3.45. The van der Waals surface area contributed by atoms with Crippen LogP contribution in [0.1, 0.15) is 16.8 Å². The number of sulfonamides is 1. The SMILES string of the molecule is CCc1cnc(CS(N)(=O)=O)s1. The first-order chi connectivity index (χ1) is 5.51. The number of aryl methyl sites for hydroxylation is 1. The molecule has 68 valence electrons. The molecule has 6 heteroatoms. The minimum Gasteiger partial charge on any atom is -0.248 e. The highest BCUT2D eigenvalue weighted by Gasteiger charge is 2.08. The van der Waals surface area contributed by atoms with Crippen molar-refractivity contribution in [1.29, 1.82) is 0 Å². The van der Waals surface area contributed by atoms with Crippen LogP contribution >= 0.6 is 11.3 Å². The summed E-state index contributed by atoms with van der Waals surface area (Å²) >= 11 is 1.39. The molecule has 0 unspecified atom stereocenters. The van der Waals surface area contributed by atoms with E-state index >= 15 is 0 Å². The first kappa shape index (κ1) is 9.63. The van der Waals surface area contributed by atoms with Crippen molar-refractivity contribution >= 4 is 21.4 Å².